The number of rotatable bonds is 13. The third-order valence-electron chi connectivity index (χ3n) is 12.3. The van der Waals surface area contributed by atoms with Crippen LogP contribution in [0.3, 0.4) is 0 Å². The van der Waals surface area contributed by atoms with Crippen LogP contribution in [0, 0.1) is 46.3 Å². The largest absolute Gasteiger partial charge is 0.393 e. The molecule has 7 heteroatoms. The zero-order valence-electron chi connectivity index (χ0n) is 26.3. The number of carbonyl (C=O) groups is 1. The maximum absolute atomic E-state index is 12.3. The minimum absolute atomic E-state index is 0.136. The highest BCUT2D eigenvalue weighted by Crippen LogP contribution is 2.68. The number of hydrogen-bond acceptors (Lipinski definition) is 6. The van der Waals surface area contributed by atoms with Crippen LogP contribution in [0.2, 0.25) is 0 Å². The normalized spacial score (nSPS) is 41.7. The third-order valence-corrected chi connectivity index (χ3v) is 12.3. The maximum Gasteiger partial charge on any atom is 0.220 e. The molecule has 0 saturated heterocycles. The Balaban J connectivity index is 1.36. The van der Waals surface area contributed by atoms with Crippen molar-refractivity contribution in [3.63, 3.8) is 0 Å². The highest BCUT2D eigenvalue weighted by molar-refractivity contribution is 5.76. The van der Waals surface area contributed by atoms with E-state index in [-0.39, 0.29) is 35.0 Å². The smallest absolute Gasteiger partial charge is 0.220 e. The lowest BCUT2D eigenvalue weighted by molar-refractivity contribution is -0.202. The topological polar surface area (TPSA) is 120 Å². The van der Waals surface area contributed by atoms with Gasteiger partial charge in [-0.2, -0.15) is 0 Å². The summed E-state index contributed by atoms with van der Waals surface area (Å²) >= 11 is 0. The van der Waals surface area contributed by atoms with E-state index in [0.717, 1.165) is 77.5 Å². The Morgan fingerprint density at radius 3 is 2.45 bits per heavy atom. The Hall–Kier alpha value is -0.730. The molecule has 0 bridgehead atoms. The van der Waals surface area contributed by atoms with Crippen molar-refractivity contribution in [1.29, 1.82) is 0 Å². The SMILES string of the molecule is CC(C)NC(=O)CC[C@@H](C)C1CCC2C3C(C[C@H](O)[C@@]21C)[C@@]1(C)CC[C@H](NCCCNCCCN)CC1C[C@H]3O. The van der Waals surface area contributed by atoms with Gasteiger partial charge in [0.2, 0.25) is 5.91 Å². The zero-order valence-corrected chi connectivity index (χ0v) is 26.3. The van der Waals surface area contributed by atoms with Gasteiger partial charge in [0.05, 0.1) is 12.2 Å². The molecular weight excluding hydrogens is 500 g/mol. The highest BCUT2D eigenvalue weighted by Gasteiger charge is 2.65. The van der Waals surface area contributed by atoms with Crippen LogP contribution >= 0.6 is 0 Å². The van der Waals surface area contributed by atoms with Gasteiger partial charge >= 0.3 is 0 Å². The minimum Gasteiger partial charge on any atom is -0.393 e. The van der Waals surface area contributed by atoms with Gasteiger partial charge in [0, 0.05) is 18.5 Å². The first kappa shape index (κ1) is 32.2. The quantitative estimate of drug-likeness (QED) is 0.190. The molecule has 11 atom stereocenters. The van der Waals surface area contributed by atoms with E-state index in [1.807, 2.05) is 13.8 Å². The van der Waals surface area contributed by atoms with Crippen molar-refractivity contribution in [2.24, 2.45) is 52.1 Å². The van der Waals surface area contributed by atoms with E-state index >= 15 is 0 Å². The highest BCUT2D eigenvalue weighted by atomic mass is 16.3. The second-order valence-electron chi connectivity index (χ2n) is 15.0. The predicted molar refractivity (Wildman–Crippen MR) is 163 cm³/mol. The number of hydrogen-bond donors (Lipinski definition) is 6. The average Bonchev–Trinajstić information content (AvgIpc) is 3.26. The fraction of sp³-hybridized carbons (Fsp3) is 0.970. The molecule has 0 aromatic rings. The number of fused-ring (bicyclic) bond motifs is 5. The molecule has 4 aliphatic carbocycles. The Bertz CT molecular complexity index is 826. The molecule has 5 unspecified atom stereocenters. The summed E-state index contributed by atoms with van der Waals surface area (Å²) < 4.78 is 0. The Morgan fingerprint density at radius 2 is 1.73 bits per heavy atom. The molecule has 0 radical (unpaired) electrons. The van der Waals surface area contributed by atoms with Crippen LogP contribution in [-0.2, 0) is 4.79 Å². The van der Waals surface area contributed by atoms with Crippen molar-refractivity contribution < 1.29 is 15.0 Å². The number of nitrogens with two attached hydrogens (primary N) is 1. The van der Waals surface area contributed by atoms with Gasteiger partial charge in [0.25, 0.3) is 0 Å². The van der Waals surface area contributed by atoms with Gasteiger partial charge < -0.3 is 31.9 Å². The lowest BCUT2D eigenvalue weighted by Gasteiger charge is -2.63. The molecule has 7 nitrogen and oxygen atoms in total. The van der Waals surface area contributed by atoms with Gasteiger partial charge in [-0.05, 0) is 151 Å². The Kier molecular flexibility index (Phi) is 11.0. The molecular formula is C33H62N4O3. The molecule has 7 N–H and O–H groups in total. The van der Waals surface area contributed by atoms with Crippen molar-refractivity contribution in [1.82, 2.24) is 16.0 Å². The van der Waals surface area contributed by atoms with Gasteiger partial charge in [-0.1, -0.05) is 20.8 Å². The summed E-state index contributed by atoms with van der Waals surface area (Å²) in [6.45, 7) is 14.9. The van der Waals surface area contributed by atoms with Crippen molar-refractivity contribution in [2.75, 3.05) is 26.2 Å². The number of aliphatic hydroxyl groups is 2. The predicted octanol–water partition coefficient (Wildman–Crippen LogP) is 3.81. The summed E-state index contributed by atoms with van der Waals surface area (Å²) in [7, 11) is 0. The van der Waals surface area contributed by atoms with Gasteiger partial charge in [0.1, 0.15) is 0 Å². The van der Waals surface area contributed by atoms with Crippen molar-refractivity contribution in [2.45, 2.75) is 130 Å². The van der Waals surface area contributed by atoms with Gasteiger partial charge in [0.15, 0.2) is 0 Å². The number of carbonyl (C=O) groups excluding carboxylic acids is 1. The number of aliphatic hydroxyl groups excluding tert-OH is 2. The lowest BCUT2D eigenvalue weighted by atomic mass is 9.43. The van der Waals surface area contributed by atoms with E-state index in [4.69, 9.17) is 5.73 Å². The molecule has 232 valence electrons. The molecule has 1 amide bonds. The Labute approximate surface area is 244 Å². The number of nitrogens with one attached hydrogen (secondary N) is 3. The van der Waals surface area contributed by atoms with E-state index < -0.39 is 0 Å². The van der Waals surface area contributed by atoms with Crippen LogP contribution < -0.4 is 21.7 Å². The molecule has 0 aromatic carbocycles. The molecule has 4 fully saturated rings. The van der Waals surface area contributed by atoms with Crippen molar-refractivity contribution in [3.05, 3.63) is 0 Å². The Morgan fingerprint density at radius 1 is 0.975 bits per heavy atom. The molecule has 0 aliphatic heterocycles. The molecule has 4 rings (SSSR count). The lowest BCUT2D eigenvalue weighted by Crippen LogP contribution is -2.62. The van der Waals surface area contributed by atoms with Gasteiger partial charge in [-0.25, -0.2) is 0 Å². The van der Waals surface area contributed by atoms with Crippen LogP contribution in [0.25, 0.3) is 0 Å². The molecule has 0 spiro atoms. The fourth-order valence-corrected chi connectivity index (χ4v) is 10.2. The first-order chi connectivity index (χ1) is 19.0. The van der Waals surface area contributed by atoms with Gasteiger partial charge in [-0.15, -0.1) is 0 Å². The summed E-state index contributed by atoms with van der Waals surface area (Å²) in [6, 6.07) is 0.709. The van der Waals surface area contributed by atoms with Crippen LogP contribution in [0.1, 0.15) is 105 Å². The summed E-state index contributed by atoms with van der Waals surface area (Å²) in [5.41, 5.74) is 5.61. The zero-order chi connectivity index (χ0) is 29.1. The summed E-state index contributed by atoms with van der Waals surface area (Å²) in [6.07, 6.45) is 10.5. The van der Waals surface area contributed by atoms with Crippen LogP contribution in [0.5, 0.6) is 0 Å². The van der Waals surface area contributed by atoms with E-state index in [2.05, 4.69) is 36.7 Å². The maximum atomic E-state index is 12.3. The minimum atomic E-state index is -0.330. The standard InChI is InChI=1S/C33H62N4O3/c1-21(2)37-30(40)11-8-22(3)25-9-10-26-31-27(20-29(39)33(25,26)5)32(4)13-12-24(18-23(32)19-28(31)38)36-17-7-16-35-15-6-14-34/h21-29,31,35-36,38-39H,6-20,34H2,1-5H3,(H,37,40)/t22-,23?,24+,25?,26?,27?,28-,29+,31?,32+,33-/m1/s1. The third kappa shape index (κ3) is 6.59. The number of amides is 1. The van der Waals surface area contributed by atoms with E-state index in [1.165, 1.54) is 12.8 Å². The molecule has 0 aromatic heterocycles. The molecule has 40 heavy (non-hydrogen) atoms. The van der Waals surface area contributed by atoms with Crippen LogP contribution in [0.15, 0.2) is 0 Å². The van der Waals surface area contributed by atoms with Gasteiger partial charge in [-0.3, -0.25) is 4.79 Å². The first-order valence-corrected chi connectivity index (χ1v) is 16.8. The molecule has 0 heterocycles. The van der Waals surface area contributed by atoms with Crippen molar-refractivity contribution >= 4 is 5.91 Å². The fourth-order valence-electron chi connectivity index (χ4n) is 10.2. The molecule has 4 saturated carbocycles. The molecule has 4 aliphatic rings. The second kappa shape index (κ2) is 13.7. The van der Waals surface area contributed by atoms with E-state index in [9.17, 15) is 15.0 Å². The van der Waals surface area contributed by atoms with E-state index in [0.29, 0.717) is 48.0 Å². The summed E-state index contributed by atoms with van der Waals surface area (Å²) in [5.74, 6) is 2.51. The average molecular weight is 563 g/mol. The summed E-state index contributed by atoms with van der Waals surface area (Å²) in [4.78, 5) is 12.3. The summed E-state index contributed by atoms with van der Waals surface area (Å²) in [5, 5.41) is 33.9. The van der Waals surface area contributed by atoms with Crippen molar-refractivity contribution in [3.8, 4) is 0 Å². The first-order valence-electron chi connectivity index (χ1n) is 16.8. The van der Waals surface area contributed by atoms with E-state index in [1.54, 1.807) is 0 Å². The van der Waals surface area contributed by atoms with Crippen LogP contribution in [-0.4, -0.2) is 66.6 Å². The second-order valence-corrected chi connectivity index (χ2v) is 15.0. The van der Waals surface area contributed by atoms with Crippen LogP contribution in [0.4, 0.5) is 0 Å². The monoisotopic (exact) mass is 562 g/mol.